The molecule has 0 spiro atoms. The van der Waals surface area contributed by atoms with Crippen LogP contribution in [0.4, 0.5) is 5.69 Å². The number of nitrogens with one attached hydrogen (secondary N) is 1. The quantitative estimate of drug-likeness (QED) is 0.839. The smallest absolute Gasteiger partial charge is 0.339 e. The molecule has 2 aromatic carbocycles. The number of esters is 1. The molecule has 2 N–H and O–H groups in total. The molecule has 4 heteroatoms. The molecular weight excluding hydrogens is 254 g/mol. The van der Waals surface area contributed by atoms with Crippen LogP contribution in [-0.4, -0.2) is 18.2 Å². The van der Waals surface area contributed by atoms with E-state index in [0.29, 0.717) is 17.8 Å². The van der Waals surface area contributed by atoms with Crippen LogP contribution in [-0.2, 0) is 11.3 Å². The highest BCUT2D eigenvalue weighted by atomic mass is 16.5. The van der Waals surface area contributed by atoms with Crippen LogP contribution in [0.2, 0.25) is 0 Å². The highest BCUT2D eigenvalue weighted by Crippen LogP contribution is 2.21. The summed E-state index contributed by atoms with van der Waals surface area (Å²) in [7, 11) is 1.36. The Bertz CT molecular complexity index is 623. The number of hydrogen-bond acceptors (Lipinski definition) is 4. The molecule has 2 aromatic rings. The largest absolute Gasteiger partial charge is 0.508 e. The van der Waals surface area contributed by atoms with Gasteiger partial charge in [-0.1, -0.05) is 29.8 Å². The Kier molecular flexibility index (Phi) is 4.25. The maximum atomic E-state index is 11.8. The Morgan fingerprint density at radius 2 is 2.00 bits per heavy atom. The molecule has 104 valence electrons. The second-order valence-corrected chi connectivity index (χ2v) is 4.52. The van der Waals surface area contributed by atoms with Crippen LogP contribution >= 0.6 is 0 Å². The second kappa shape index (κ2) is 6.10. The number of aromatic hydroxyl groups is 1. The summed E-state index contributed by atoms with van der Waals surface area (Å²) in [5, 5.41) is 12.9. The van der Waals surface area contributed by atoms with E-state index in [1.165, 1.54) is 7.11 Å². The van der Waals surface area contributed by atoms with Gasteiger partial charge in [-0.25, -0.2) is 4.79 Å². The highest BCUT2D eigenvalue weighted by molar-refractivity contribution is 5.95. The zero-order valence-electron chi connectivity index (χ0n) is 11.5. The number of carbonyl (C=O) groups excluding carboxylic acids is 1. The van der Waals surface area contributed by atoms with Gasteiger partial charge in [0.25, 0.3) is 0 Å². The van der Waals surface area contributed by atoms with Gasteiger partial charge in [-0.2, -0.15) is 0 Å². The number of benzene rings is 2. The zero-order valence-corrected chi connectivity index (χ0v) is 11.5. The highest BCUT2D eigenvalue weighted by Gasteiger charge is 2.12. The third kappa shape index (κ3) is 3.09. The third-order valence-electron chi connectivity index (χ3n) is 3.04. The van der Waals surface area contributed by atoms with Crippen LogP contribution in [0.15, 0.2) is 42.5 Å². The fourth-order valence-electron chi connectivity index (χ4n) is 1.94. The van der Waals surface area contributed by atoms with Crippen molar-refractivity contribution in [2.45, 2.75) is 13.5 Å². The SMILES string of the molecule is COC(=O)c1cc(C)ccc1NCc1ccccc1O. The molecule has 0 aliphatic rings. The van der Waals surface area contributed by atoms with Crippen molar-refractivity contribution in [2.24, 2.45) is 0 Å². The van der Waals surface area contributed by atoms with Crippen LogP contribution in [0.25, 0.3) is 0 Å². The lowest BCUT2D eigenvalue weighted by Gasteiger charge is -2.12. The minimum atomic E-state index is -0.381. The summed E-state index contributed by atoms with van der Waals surface area (Å²) in [5.74, 6) is -0.153. The lowest BCUT2D eigenvalue weighted by molar-refractivity contribution is 0.0601. The van der Waals surface area contributed by atoms with Crippen LogP contribution in [0, 0.1) is 6.92 Å². The molecule has 4 nitrogen and oxygen atoms in total. The number of ether oxygens (including phenoxy) is 1. The van der Waals surface area contributed by atoms with Gasteiger partial charge >= 0.3 is 5.97 Å². The first-order valence-electron chi connectivity index (χ1n) is 6.31. The van der Waals surface area contributed by atoms with Crippen molar-refractivity contribution >= 4 is 11.7 Å². The predicted molar refractivity (Wildman–Crippen MR) is 78.0 cm³/mol. The standard InChI is InChI=1S/C16H17NO3/c1-11-7-8-14(13(9-11)16(19)20-2)17-10-12-5-3-4-6-15(12)18/h3-9,17-18H,10H2,1-2H3. The average molecular weight is 271 g/mol. The summed E-state index contributed by atoms with van der Waals surface area (Å²) >= 11 is 0. The van der Waals surface area contributed by atoms with E-state index < -0.39 is 0 Å². The number of rotatable bonds is 4. The lowest BCUT2D eigenvalue weighted by atomic mass is 10.1. The van der Waals surface area contributed by atoms with Crippen molar-refractivity contribution in [1.82, 2.24) is 0 Å². The first-order valence-corrected chi connectivity index (χ1v) is 6.31. The molecule has 0 radical (unpaired) electrons. The van der Waals surface area contributed by atoms with Crippen molar-refractivity contribution < 1.29 is 14.6 Å². The summed E-state index contributed by atoms with van der Waals surface area (Å²) in [5.41, 5.74) is 2.93. The number of hydrogen-bond donors (Lipinski definition) is 2. The minimum absolute atomic E-state index is 0.228. The molecule has 0 heterocycles. The number of anilines is 1. The van der Waals surface area contributed by atoms with Crippen LogP contribution in [0.5, 0.6) is 5.75 Å². The van der Waals surface area contributed by atoms with Gasteiger partial charge in [0.1, 0.15) is 5.75 Å². The van der Waals surface area contributed by atoms with E-state index in [2.05, 4.69) is 5.32 Å². The predicted octanol–water partition coefficient (Wildman–Crippen LogP) is 3.10. The molecule has 0 atom stereocenters. The van der Waals surface area contributed by atoms with Gasteiger partial charge < -0.3 is 15.2 Å². The van der Waals surface area contributed by atoms with Gasteiger partial charge in [-0.05, 0) is 25.1 Å². The van der Waals surface area contributed by atoms with Crippen molar-refractivity contribution in [2.75, 3.05) is 12.4 Å². The molecule has 0 unspecified atom stereocenters. The maximum Gasteiger partial charge on any atom is 0.339 e. The molecule has 0 aliphatic heterocycles. The van der Waals surface area contributed by atoms with Gasteiger partial charge in [-0.3, -0.25) is 0 Å². The van der Waals surface area contributed by atoms with Crippen molar-refractivity contribution in [1.29, 1.82) is 0 Å². The van der Waals surface area contributed by atoms with E-state index in [-0.39, 0.29) is 11.7 Å². The summed E-state index contributed by atoms with van der Waals surface area (Å²) in [6.07, 6.45) is 0. The number of carbonyl (C=O) groups is 1. The van der Waals surface area contributed by atoms with E-state index in [1.807, 2.05) is 31.2 Å². The van der Waals surface area contributed by atoms with Crippen molar-refractivity contribution in [3.8, 4) is 5.75 Å². The second-order valence-electron chi connectivity index (χ2n) is 4.52. The Morgan fingerprint density at radius 1 is 1.25 bits per heavy atom. The molecule has 0 aromatic heterocycles. The van der Waals surface area contributed by atoms with E-state index in [0.717, 1.165) is 11.1 Å². The minimum Gasteiger partial charge on any atom is -0.508 e. The fraction of sp³-hybridized carbons (Fsp3) is 0.188. The number of methoxy groups -OCH3 is 1. The Labute approximate surface area is 118 Å². The van der Waals surface area contributed by atoms with Crippen molar-refractivity contribution in [3.05, 3.63) is 59.2 Å². The Morgan fingerprint density at radius 3 is 2.70 bits per heavy atom. The molecule has 0 saturated heterocycles. The van der Waals surface area contributed by atoms with Gasteiger partial charge in [0.2, 0.25) is 0 Å². The molecule has 0 saturated carbocycles. The van der Waals surface area contributed by atoms with E-state index >= 15 is 0 Å². The van der Waals surface area contributed by atoms with Gasteiger partial charge in [-0.15, -0.1) is 0 Å². The van der Waals surface area contributed by atoms with Gasteiger partial charge in [0, 0.05) is 17.8 Å². The van der Waals surface area contributed by atoms with E-state index in [9.17, 15) is 9.90 Å². The average Bonchev–Trinajstić information content (AvgIpc) is 2.46. The molecular formula is C16H17NO3. The van der Waals surface area contributed by atoms with Crippen LogP contribution in [0.1, 0.15) is 21.5 Å². The van der Waals surface area contributed by atoms with Crippen molar-refractivity contribution in [3.63, 3.8) is 0 Å². The van der Waals surface area contributed by atoms with Crippen LogP contribution < -0.4 is 5.32 Å². The molecule has 20 heavy (non-hydrogen) atoms. The summed E-state index contributed by atoms with van der Waals surface area (Å²) in [6, 6.07) is 12.6. The molecule has 2 rings (SSSR count). The fourth-order valence-corrected chi connectivity index (χ4v) is 1.94. The molecule has 0 aliphatic carbocycles. The summed E-state index contributed by atoms with van der Waals surface area (Å²) < 4.78 is 4.78. The zero-order chi connectivity index (χ0) is 14.5. The normalized spacial score (nSPS) is 10.1. The van der Waals surface area contributed by atoms with Crippen LogP contribution in [0.3, 0.4) is 0 Å². The Balaban J connectivity index is 2.21. The molecule has 0 amide bonds. The molecule has 0 fully saturated rings. The van der Waals surface area contributed by atoms with Gasteiger partial charge in [0.15, 0.2) is 0 Å². The first kappa shape index (κ1) is 13.9. The number of para-hydroxylation sites is 1. The van der Waals surface area contributed by atoms with Gasteiger partial charge in [0.05, 0.1) is 12.7 Å². The lowest BCUT2D eigenvalue weighted by Crippen LogP contribution is -2.08. The maximum absolute atomic E-state index is 11.8. The number of aryl methyl sites for hydroxylation is 1. The first-order chi connectivity index (χ1) is 9.61. The molecule has 0 bridgehead atoms. The topological polar surface area (TPSA) is 58.6 Å². The van der Waals surface area contributed by atoms with E-state index in [1.54, 1.807) is 18.2 Å². The monoisotopic (exact) mass is 271 g/mol. The summed E-state index contributed by atoms with van der Waals surface area (Å²) in [6.45, 7) is 2.35. The Hall–Kier alpha value is -2.49. The number of phenolic OH excluding ortho intramolecular Hbond substituents is 1. The third-order valence-corrected chi connectivity index (χ3v) is 3.04. The summed E-state index contributed by atoms with van der Waals surface area (Å²) in [4.78, 5) is 11.8. The number of phenols is 1. The van der Waals surface area contributed by atoms with E-state index in [4.69, 9.17) is 4.74 Å².